The molecule has 0 aliphatic rings. The molecule has 1 heterocycles. The van der Waals surface area contributed by atoms with Gasteiger partial charge in [-0.25, -0.2) is 8.78 Å². The van der Waals surface area contributed by atoms with Crippen LogP contribution in [0.4, 0.5) is 14.5 Å². The van der Waals surface area contributed by atoms with Crippen LogP contribution in [0, 0.1) is 18.6 Å². The van der Waals surface area contributed by atoms with Crippen LogP contribution in [0.15, 0.2) is 30.6 Å². The van der Waals surface area contributed by atoms with Crippen molar-refractivity contribution < 1.29 is 8.78 Å². The van der Waals surface area contributed by atoms with Crippen LogP contribution >= 0.6 is 0 Å². The van der Waals surface area contributed by atoms with Gasteiger partial charge < -0.3 is 5.73 Å². The highest BCUT2D eigenvalue weighted by Gasteiger charge is 2.11. The van der Waals surface area contributed by atoms with Gasteiger partial charge in [0.15, 0.2) is 0 Å². The summed E-state index contributed by atoms with van der Waals surface area (Å²) in [6, 6.07) is 3.86. The van der Waals surface area contributed by atoms with Crippen LogP contribution in [0.25, 0.3) is 11.1 Å². The molecule has 0 aliphatic heterocycles. The summed E-state index contributed by atoms with van der Waals surface area (Å²) in [5.74, 6) is -0.940. The summed E-state index contributed by atoms with van der Waals surface area (Å²) in [5, 5.41) is 0. The molecule has 2 N–H and O–H groups in total. The number of pyridine rings is 1. The predicted octanol–water partition coefficient (Wildman–Crippen LogP) is 2.92. The average molecular weight is 220 g/mol. The Hall–Kier alpha value is -1.97. The van der Waals surface area contributed by atoms with Crippen LogP contribution in [0.3, 0.4) is 0 Å². The zero-order chi connectivity index (χ0) is 11.7. The molecule has 1 aromatic carbocycles. The maximum Gasteiger partial charge on any atom is 0.131 e. The molecule has 0 fully saturated rings. The van der Waals surface area contributed by atoms with E-state index in [4.69, 9.17) is 5.73 Å². The fourth-order valence-corrected chi connectivity index (χ4v) is 1.50. The van der Waals surface area contributed by atoms with Crippen molar-refractivity contribution in [2.45, 2.75) is 6.92 Å². The van der Waals surface area contributed by atoms with Crippen molar-refractivity contribution in [3.63, 3.8) is 0 Å². The summed E-state index contributed by atoms with van der Waals surface area (Å²) >= 11 is 0. The van der Waals surface area contributed by atoms with E-state index in [1.54, 1.807) is 6.07 Å². The Morgan fingerprint density at radius 1 is 1.12 bits per heavy atom. The number of benzene rings is 1. The molecule has 0 saturated heterocycles. The van der Waals surface area contributed by atoms with Gasteiger partial charge in [-0.15, -0.1) is 0 Å². The molecule has 2 nitrogen and oxygen atoms in total. The highest BCUT2D eigenvalue weighted by atomic mass is 19.1. The SMILES string of the molecule is Cc1cc(F)c(-c2ccncc2N)cc1F. The monoisotopic (exact) mass is 220 g/mol. The first-order valence-corrected chi connectivity index (χ1v) is 4.75. The van der Waals surface area contributed by atoms with E-state index >= 15 is 0 Å². The molecule has 4 heteroatoms. The second kappa shape index (κ2) is 3.89. The molecule has 0 amide bonds. The summed E-state index contributed by atoms with van der Waals surface area (Å²) in [7, 11) is 0. The van der Waals surface area contributed by atoms with E-state index in [1.807, 2.05) is 0 Å². The van der Waals surface area contributed by atoms with Crippen molar-refractivity contribution in [2.24, 2.45) is 0 Å². The fraction of sp³-hybridized carbons (Fsp3) is 0.0833. The number of hydrogen-bond donors (Lipinski definition) is 1. The molecular formula is C12H10F2N2. The molecule has 0 radical (unpaired) electrons. The molecule has 0 saturated carbocycles. The number of nitrogen functional groups attached to an aromatic ring is 1. The number of nitrogens with two attached hydrogens (primary N) is 1. The van der Waals surface area contributed by atoms with Crippen molar-refractivity contribution in [1.29, 1.82) is 0 Å². The Morgan fingerprint density at radius 3 is 2.56 bits per heavy atom. The summed E-state index contributed by atoms with van der Waals surface area (Å²) in [4.78, 5) is 3.80. The lowest BCUT2D eigenvalue weighted by molar-refractivity contribution is 0.595. The Morgan fingerprint density at radius 2 is 1.88 bits per heavy atom. The van der Waals surface area contributed by atoms with E-state index < -0.39 is 11.6 Å². The van der Waals surface area contributed by atoms with Crippen molar-refractivity contribution in [3.8, 4) is 11.1 Å². The number of rotatable bonds is 1. The number of aromatic nitrogens is 1. The van der Waals surface area contributed by atoms with Crippen LogP contribution < -0.4 is 5.73 Å². The van der Waals surface area contributed by atoms with Gasteiger partial charge in [0.05, 0.1) is 11.9 Å². The molecule has 0 atom stereocenters. The molecular weight excluding hydrogens is 210 g/mol. The largest absolute Gasteiger partial charge is 0.397 e. The van der Waals surface area contributed by atoms with Gasteiger partial charge in [-0.3, -0.25) is 4.98 Å². The third-order valence-corrected chi connectivity index (χ3v) is 2.39. The molecule has 1 aromatic heterocycles. The Bertz CT molecular complexity index is 539. The maximum absolute atomic E-state index is 13.7. The van der Waals surface area contributed by atoms with Crippen LogP contribution in [0.5, 0.6) is 0 Å². The number of nitrogens with zero attached hydrogens (tertiary/aromatic N) is 1. The summed E-state index contributed by atoms with van der Waals surface area (Å²) < 4.78 is 27.0. The number of aryl methyl sites for hydroxylation is 1. The molecule has 82 valence electrons. The van der Waals surface area contributed by atoms with Crippen LogP contribution in [-0.4, -0.2) is 4.98 Å². The van der Waals surface area contributed by atoms with Crippen LogP contribution in [-0.2, 0) is 0 Å². The van der Waals surface area contributed by atoms with E-state index in [1.165, 1.54) is 19.3 Å². The minimum atomic E-state index is -0.489. The molecule has 0 bridgehead atoms. The summed E-state index contributed by atoms with van der Waals surface area (Å²) in [5.41, 5.74) is 6.86. The normalized spacial score (nSPS) is 10.4. The first kappa shape index (κ1) is 10.5. The van der Waals surface area contributed by atoms with E-state index in [0.717, 1.165) is 12.1 Å². The first-order valence-electron chi connectivity index (χ1n) is 4.75. The Balaban J connectivity index is 2.65. The second-order valence-corrected chi connectivity index (χ2v) is 3.54. The van der Waals surface area contributed by atoms with Gasteiger partial charge in [0.2, 0.25) is 0 Å². The van der Waals surface area contributed by atoms with Gasteiger partial charge in [0.1, 0.15) is 11.6 Å². The van der Waals surface area contributed by atoms with E-state index in [-0.39, 0.29) is 11.1 Å². The summed E-state index contributed by atoms with van der Waals surface area (Å²) in [6.07, 6.45) is 2.90. The average Bonchev–Trinajstić information content (AvgIpc) is 2.25. The number of anilines is 1. The van der Waals surface area contributed by atoms with Crippen molar-refractivity contribution in [3.05, 3.63) is 47.8 Å². The lowest BCUT2D eigenvalue weighted by Gasteiger charge is -2.07. The van der Waals surface area contributed by atoms with Gasteiger partial charge >= 0.3 is 0 Å². The van der Waals surface area contributed by atoms with E-state index in [9.17, 15) is 8.78 Å². The zero-order valence-corrected chi connectivity index (χ0v) is 8.67. The van der Waals surface area contributed by atoms with Crippen LogP contribution in [0.1, 0.15) is 5.56 Å². The summed E-state index contributed by atoms with van der Waals surface area (Å²) in [6.45, 7) is 1.51. The second-order valence-electron chi connectivity index (χ2n) is 3.54. The highest BCUT2D eigenvalue weighted by molar-refractivity contribution is 5.75. The van der Waals surface area contributed by atoms with Crippen LogP contribution in [0.2, 0.25) is 0 Å². The zero-order valence-electron chi connectivity index (χ0n) is 8.67. The number of hydrogen-bond acceptors (Lipinski definition) is 2. The number of halogens is 2. The molecule has 2 rings (SSSR count). The van der Waals surface area contributed by atoms with Gasteiger partial charge in [0.25, 0.3) is 0 Å². The third-order valence-electron chi connectivity index (χ3n) is 2.39. The standard InChI is InChI=1S/C12H10F2N2/c1-7-4-11(14)9(5-10(7)13)8-2-3-16-6-12(8)15/h2-6H,15H2,1H3. The highest BCUT2D eigenvalue weighted by Crippen LogP contribution is 2.28. The molecule has 0 unspecified atom stereocenters. The lowest BCUT2D eigenvalue weighted by atomic mass is 10.0. The maximum atomic E-state index is 13.7. The Kier molecular flexibility index (Phi) is 2.56. The van der Waals surface area contributed by atoms with Gasteiger partial charge in [-0.2, -0.15) is 0 Å². The smallest absolute Gasteiger partial charge is 0.131 e. The van der Waals surface area contributed by atoms with Crippen molar-refractivity contribution in [1.82, 2.24) is 4.98 Å². The van der Waals surface area contributed by atoms with Crippen molar-refractivity contribution in [2.75, 3.05) is 5.73 Å². The van der Waals surface area contributed by atoms with Gasteiger partial charge in [0, 0.05) is 17.3 Å². The topological polar surface area (TPSA) is 38.9 Å². The lowest BCUT2D eigenvalue weighted by Crippen LogP contribution is -1.95. The van der Waals surface area contributed by atoms with Crippen molar-refractivity contribution >= 4 is 5.69 Å². The Labute approximate surface area is 91.7 Å². The molecule has 0 spiro atoms. The third kappa shape index (κ3) is 1.74. The first-order chi connectivity index (χ1) is 7.59. The predicted molar refractivity (Wildman–Crippen MR) is 58.7 cm³/mol. The van der Waals surface area contributed by atoms with E-state index in [0.29, 0.717) is 11.3 Å². The molecule has 0 aliphatic carbocycles. The van der Waals surface area contributed by atoms with E-state index in [2.05, 4.69) is 4.98 Å². The molecule has 16 heavy (non-hydrogen) atoms. The van der Waals surface area contributed by atoms with Gasteiger partial charge in [-0.1, -0.05) is 0 Å². The van der Waals surface area contributed by atoms with Gasteiger partial charge in [-0.05, 0) is 30.7 Å². The molecule has 2 aromatic rings. The minimum absolute atomic E-state index is 0.156. The fourth-order valence-electron chi connectivity index (χ4n) is 1.50. The minimum Gasteiger partial charge on any atom is -0.397 e. The quantitative estimate of drug-likeness (QED) is 0.802.